The number of rotatable bonds is 7. The summed E-state index contributed by atoms with van der Waals surface area (Å²) in [6, 6.07) is 11.7. The number of amides is 3. The van der Waals surface area contributed by atoms with Gasteiger partial charge in [-0.05, 0) is 98.4 Å². The number of ether oxygens (including phenoxy) is 3. The molecule has 0 atom stereocenters. The largest absolute Gasteiger partial charge is 0.493 e. The van der Waals surface area contributed by atoms with Crippen LogP contribution in [0.2, 0.25) is 0 Å². The second kappa shape index (κ2) is 11.9. The van der Waals surface area contributed by atoms with Gasteiger partial charge in [-0.2, -0.15) is 0 Å². The summed E-state index contributed by atoms with van der Waals surface area (Å²) in [6.45, 7) is 1.95. The summed E-state index contributed by atoms with van der Waals surface area (Å²) < 4.78 is 18.8. The molecule has 0 bridgehead atoms. The number of carbonyl (C=O) groups excluding carboxylic acids is 3. The minimum Gasteiger partial charge on any atom is -0.493 e. The third-order valence-electron chi connectivity index (χ3n) is 5.38. The first kappa shape index (κ1) is 26.2. The third kappa shape index (κ3) is 6.49. The molecule has 35 heavy (non-hydrogen) atoms. The number of methoxy groups -OCH3 is 1. The van der Waals surface area contributed by atoms with E-state index in [4.69, 9.17) is 14.2 Å². The lowest BCUT2D eigenvalue weighted by molar-refractivity contribution is -0.139. The molecule has 2 heterocycles. The smallest absolute Gasteiger partial charge is 0.294 e. The molecule has 2 aromatic carbocycles. The van der Waals surface area contributed by atoms with Crippen molar-refractivity contribution in [1.29, 1.82) is 0 Å². The molecule has 11 heteroatoms. The standard InChI is InChI=1S/C24H22I2N2O6S/c1-32-19-11-16(10-18(26)22(19)34-14-15-2-4-17(25)5-3-15)12-20-23(30)28(24(31)35-20)13-21(29)27-6-8-33-9-7-27/h2-5,10-12H,6-9,13-14H2,1H3/b20-12+. The molecule has 4 rings (SSSR count). The van der Waals surface area contributed by atoms with Crippen LogP contribution in [0, 0.1) is 7.14 Å². The van der Waals surface area contributed by atoms with E-state index in [0.717, 1.165) is 29.4 Å². The van der Waals surface area contributed by atoms with Crippen molar-refractivity contribution in [2.75, 3.05) is 40.0 Å². The molecule has 0 N–H and O–H groups in total. The molecule has 8 nitrogen and oxygen atoms in total. The summed E-state index contributed by atoms with van der Waals surface area (Å²) in [4.78, 5) is 40.7. The van der Waals surface area contributed by atoms with E-state index >= 15 is 0 Å². The van der Waals surface area contributed by atoms with Crippen molar-refractivity contribution in [2.24, 2.45) is 0 Å². The molecule has 2 aliphatic heterocycles. The summed E-state index contributed by atoms with van der Waals surface area (Å²) in [5, 5.41) is -0.456. The molecule has 3 amide bonds. The zero-order valence-electron chi connectivity index (χ0n) is 18.8. The fourth-order valence-corrected chi connectivity index (χ4v) is 5.51. The molecule has 2 saturated heterocycles. The van der Waals surface area contributed by atoms with Crippen LogP contribution in [0.15, 0.2) is 41.3 Å². The van der Waals surface area contributed by atoms with Crippen LogP contribution >= 0.6 is 56.9 Å². The summed E-state index contributed by atoms with van der Waals surface area (Å²) in [5.74, 6) is 0.390. The minimum absolute atomic E-state index is 0.259. The molecular weight excluding hydrogens is 698 g/mol. The molecule has 184 valence electrons. The molecule has 0 spiro atoms. The number of imide groups is 1. The van der Waals surface area contributed by atoms with Crippen LogP contribution in [0.4, 0.5) is 4.79 Å². The van der Waals surface area contributed by atoms with Crippen molar-refractivity contribution >= 4 is 80.1 Å². The van der Waals surface area contributed by atoms with E-state index in [0.29, 0.717) is 50.0 Å². The maximum Gasteiger partial charge on any atom is 0.294 e. The molecular formula is C24H22I2N2O6S. The Balaban J connectivity index is 1.47. The van der Waals surface area contributed by atoms with E-state index in [1.165, 1.54) is 0 Å². The molecule has 2 fully saturated rings. The lowest BCUT2D eigenvalue weighted by Crippen LogP contribution is -2.46. The van der Waals surface area contributed by atoms with Crippen LogP contribution in [0.25, 0.3) is 6.08 Å². The van der Waals surface area contributed by atoms with Gasteiger partial charge in [0.25, 0.3) is 11.1 Å². The SMILES string of the molecule is COc1cc(/C=C2/SC(=O)N(CC(=O)N3CCOCC3)C2=O)cc(I)c1OCc1ccc(I)cc1. The van der Waals surface area contributed by atoms with Gasteiger partial charge < -0.3 is 19.1 Å². The van der Waals surface area contributed by atoms with Gasteiger partial charge in [0.2, 0.25) is 5.91 Å². The summed E-state index contributed by atoms with van der Waals surface area (Å²) in [7, 11) is 1.55. The highest BCUT2D eigenvalue weighted by Gasteiger charge is 2.37. The number of morpholine rings is 1. The predicted octanol–water partition coefficient (Wildman–Crippen LogP) is 4.38. The van der Waals surface area contributed by atoms with Crippen molar-refractivity contribution in [3.8, 4) is 11.5 Å². The van der Waals surface area contributed by atoms with Crippen LogP contribution in [0.3, 0.4) is 0 Å². The fourth-order valence-electron chi connectivity index (χ4n) is 3.54. The Morgan fingerprint density at radius 2 is 1.86 bits per heavy atom. The van der Waals surface area contributed by atoms with Crippen LogP contribution in [0.5, 0.6) is 11.5 Å². The third-order valence-corrected chi connectivity index (χ3v) is 7.80. The molecule has 0 saturated carbocycles. The topological polar surface area (TPSA) is 85.4 Å². The summed E-state index contributed by atoms with van der Waals surface area (Å²) >= 11 is 5.24. The Kier molecular flexibility index (Phi) is 8.94. The Labute approximate surface area is 234 Å². The highest BCUT2D eigenvalue weighted by atomic mass is 127. The van der Waals surface area contributed by atoms with E-state index in [-0.39, 0.29) is 17.4 Å². The second-order valence-corrected chi connectivity index (χ2v) is 11.1. The van der Waals surface area contributed by atoms with Crippen molar-refractivity contribution < 1.29 is 28.6 Å². The first-order valence-corrected chi connectivity index (χ1v) is 13.7. The van der Waals surface area contributed by atoms with Crippen LogP contribution < -0.4 is 9.47 Å². The van der Waals surface area contributed by atoms with E-state index in [1.54, 1.807) is 24.2 Å². The molecule has 0 radical (unpaired) electrons. The van der Waals surface area contributed by atoms with Crippen molar-refractivity contribution in [3.05, 3.63) is 59.6 Å². The van der Waals surface area contributed by atoms with Gasteiger partial charge in [-0.15, -0.1) is 0 Å². The minimum atomic E-state index is -0.477. The fraction of sp³-hybridized carbons (Fsp3) is 0.292. The second-order valence-electron chi connectivity index (χ2n) is 7.71. The average Bonchev–Trinajstić information content (AvgIpc) is 3.11. The monoisotopic (exact) mass is 720 g/mol. The lowest BCUT2D eigenvalue weighted by Gasteiger charge is -2.28. The van der Waals surface area contributed by atoms with Gasteiger partial charge in [0, 0.05) is 16.7 Å². The summed E-state index contributed by atoms with van der Waals surface area (Å²) in [6.07, 6.45) is 1.64. The van der Waals surface area contributed by atoms with Gasteiger partial charge in [-0.3, -0.25) is 19.3 Å². The number of halogens is 2. The number of carbonyl (C=O) groups is 3. The number of hydrogen-bond donors (Lipinski definition) is 0. The highest BCUT2D eigenvalue weighted by Crippen LogP contribution is 2.37. The van der Waals surface area contributed by atoms with Gasteiger partial charge >= 0.3 is 0 Å². The Hall–Kier alpha value is -1.84. The first-order chi connectivity index (χ1) is 16.9. The number of hydrogen-bond acceptors (Lipinski definition) is 7. The van der Waals surface area contributed by atoms with Crippen LogP contribution in [-0.2, 0) is 20.9 Å². The molecule has 0 aromatic heterocycles. The van der Waals surface area contributed by atoms with Gasteiger partial charge in [0.1, 0.15) is 13.2 Å². The normalized spacial score (nSPS) is 17.3. The van der Waals surface area contributed by atoms with E-state index in [2.05, 4.69) is 45.2 Å². The van der Waals surface area contributed by atoms with Crippen molar-refractivity contribution in [1.82, 2.24) is 9.80 Å². The van der Waals surface area contributed by atoms with E-state index in [1.807, 2.05) is 30.3 Å². The zero-order chi connectivity index (χ0) is 24.9. The molecule has 2 aromatic rings. The van der Waals surface area contributed by atoms with Gasteiger partial charge in [-0.1, -0.05) is 12.1 Å². The van der Waals surface area contributed by atoms with E-state index < -0.39 is 11.1 Å². The van der Waals surface area contributed by atoms with Crippen molar-refractivity contribution in [2.45, 2.75) is 6.61 Å². The van der Waals surface area contributed by atoms with Gasteiger partial charge in [0.15, 0.2) is 11.5 Å². The first-order valence-electron chi connectivity index (χ1n) is 10.7. The lowest BCUT2D eigenvalue weighted by atomic mass is 10.1. The predicted molar refractivity (Wildman–Crippen MR) is 149 cm³/mol. The Morgan fingerprint density at radius 1 is 1.14 bits per heavy atom. The van der Waals surface area contributed by atoms with E-state index in [9.17, 15) is 14.4 Å². The quantitative estimate of drug-likeness (QED) is 0.311. The summed E-state index contributed by atoms with van der Waals surface area (Å²) in [5.41, 5.74) is 1.73. The van der Waals surface area contributed by atoms with Crippen molar-refractivity contribution in [3.63, 3.8) is 0 Å². The van der Waals surface area contributed by atoms with Crippen LogP contribution in [-0.4, -0.2) is 66.8 Å². The molecule has 0 unspecified atom stereocenters. The Morgan fingerprint density at radius 3 is 2.54 bits per heavy atom. The number of nitrogens with zero attached hydrogens (tertiary/aromatic N) is 2. The zero-order valence-corrected chi connectivity index (χ0v) is 23.9. The van der Waals surface area contributed by atoms with Gasteiger partial charge in [0.05, 0.1) is 28.8 Å². The maximum absolute atomic E-state index is 12.9. The maximum atomic E-state index is 12.9. The molecule has 0 aliphatic carbocycles. The Bertz CT molecular complexity index is 1170. The highest BCUT2D eigenvalue weighted by molar-refractivity contribution is 14.1. The average molecular weight is 720 g/mol. The van der Waals surface area contributed by atoms with Crippen LogP contribution in [0.1, 0.15) is 11.1 Å². The molecule has 2 aliphatic rings. The number of benzene rings is 2. The van der Waals surface area contributed by atoms with Gasteiger partial charge in [-0.25, -0.2) is 0 Å². The number of thioether (sulfide) groups is 1.